The Balaban J connectivity index is 1.16. The van der Waals surface area contributed by atoms with Crippen LogP contribution in [0.15, 0.2) is 30.6 Å². The minimum Gasteiger partial charge on any atom is -0.489 e. The maximum atomic E-state index is 13.2. The number of carbonyl (C=O) groups excluding carboxylic acids is 1. The van der Waals surface area contributed by atoms with Crippen LogP contribution in [-0.2, 0) is 24.8 Å². The monoisotopic (exact) mass is 492 g/mol. The van der Waals surface area contributed by atoms with Gasteiger partial charge in [-0.25, -0.2) is 27.2 Å². The van der Waals surface area contributed by atoms with Crippen molar-refractivity contribution in [1.82, 2.24) is 14.9 Å². The summed E-state index contributed by atoms with van der Waals surface area (Å²) >= 11 is 0. The Morgan fingerprint density at radius 3 is 2.41 bits per heavy atom. The number of ether oxygens (including phenoxy) is 1. The van der Waals surface area contributed by atoms with Crippen molar-refractivity contribution in [3.05, 3.63) is 47.5 Å². The minimum atomic E-state index is -3.27. The summed E-state index contributed by atoms with van der Waals surface area (Å²) in [4.78, 5) is 23.4. The number of alkyl halides is 2. The van der Waals surface area contributed by atoms with Gasteiger partial charge in [-0.3, -0.25) is 9.69 Å². The van der Waals surface area contributed by atoms with Crippen LogP contribution in [0.3, 0.4) is 0 Å². The fourth-order valence-electron chi connectivity index (χ4n) is 5.01. The van der Waals surface area contributed by atoms with E-state index in [4.69, 9.17) is 4.74 Å². The zero-order valence-electron chi connectivity index (χ0n) is 18.8. The van der Waals surface area contributed by atoms with Crippen molar-refractivity contribution >= 4 is 21.4 Å². The molecule has 1 spiro atoms. The number of fused-ring (bicyclic) bond motifs is 2. The highest BCUT2D eigenvalue weighted by atomic mass is 32.2. The van der Waals surface area contributed by atoms with Gasteiger partial charge in [0.25, 0.3) is 6.43 Å². The molecule has 0 radical (unpaired) electrons. The number of sulfone groups is 1. The number of hydrogen-bond acceptors (Lipinski definition) is 7. The third-order valence-corrected chi connectivity index (χ3v) is 9.34. The third-order valence-electron chi connectivity index (χ3n) is 7.33. The van der Waals surface area contributed by atoms with Gasteiger partial charge in [0.05, 0.1) is 17.8 Å². The van der Waals surface area contributed by atoms with Crippen molar-refractivity contribution in [2.75, 3.05) is 37.8 Å². The Labute approximate surface area is 196 Å². The first kappa shape index (κ1) is 23.1. The van der Waals surface area contributed by atoms with Gasteiger partial charge >= 0.3 is 0 Å². The van der Waals surface area contributed by atoms with E-state index in [-0.39, 0.29) is 11.5 Å². The molecule has 2 aromatic rings. The third kappa shape index (κ3) is 3.84. The second kappa shape index (κ2) is 8.23. The van der Waals surface area contributed by atoms with E-state index in [2.05, 4.69) is 20.2 Å². The number of hydrogen-bond donors (Lipinski definition) is 1. The van der Waals surface area contributed by atoms with E-state index in [1.165, 1.54) is 30.8 Å². The van der Waals surface area contributed by atoms with Gasteiger partial charge in [-0.15, -0.1) is 0 Å². The molecule has 3 heterocycles. The van der Waals surface area contributed by atoms with Gasteiger partial charge in [-0.2, -0.15) is 0 Å². The van der Waals surface area contributed by atoms with Gasteiger partial charge < -0.3 is 10.1 Å². The maximum absolute atomic E-state index is 13.2. The topological polar surface area (TPSA) is 101 Å². The molecule has 1 aromatic carbocycles. The molecule has 5 rings (SSSR count). The minimum absolute atomic E-state index is 0.0668. The van der Waals surface area contributed by atoms with E-state index in [0.717, 1.165) is 0 Å². The molecule has 1 aliphatic carbocycles. The molecule has 0 bridgehead atoms. The lowest BCUT2D eigenvalue weighted by Crippen LogP contribution is -2.47. The Morgan fingerprint density at radius 1 is 1.15 bits per heavy atom. The molecule has 8 nitrogen and oxygen atoms in total. The van der Waals surface area contributed by atoms with Crippen LogP contribution in [0.2, 0.25) is 0 Å². The SMILES string of the molecule is CS(=O)(=O)C1(c2ncc(OCCN3CCC4(CC3)C(=O)Nc3ccc(C(F)F)cc34)cn2)CC1. The Hall–Kier alpha value is -2.66. The molecule has 1 N–H and O–H groups in total. The van der Waals surface area contributed by atoms with E-state index in [9.17, 15) is 22.0 Å². The lowest BCUT2D eigenvalue weighted by molar-refractivity contribution is -0.122. The summed E-state index contributed by atoms with van der Waals surface area (Å²) in [5.41, 5.74) is 0.465. The first-order valence-electron chi connectivity index (χ1n) is 11.3. The molecule has 2 fully saturated rings. The first-order chi connectivity index (χ1) is 16.1. The predicted molar refractivity (Wildman–Crippen MR) is 121 cm³/mol. The number of amides is 1. The number of benzene rings is 1. The maximum Gasteiger partial charge on any atom is 0.263 e. The van der Waals surface area contributed by atoms with Crippen LogP contribution in [0.25, 0.3) is 0 Å². The molecule has 34 heavy (non-hydrogen) atoms. The Bertz CT molecular complexity index is 1210. The van der Waals surface area contributed by atoms with Gasteiger partial charge in [-0.1, -0.05) is 6.07 Å². The van der Waals surface area contributed by atoms with Gasteiger partial charge in [0, 0.05) is 24.1 Å². The predicted octanol–water partition coefficient (Wildman–Crippen LogP) is 2.81. The zero-order valence-corrected chi connectivity index (χ0v) is 19.6. The van der Waals surface area contributed by atoms with Crippen LogP contribution in [0.5, 0.6) is 5.75 Å². The number of anilines is 1. The van der Waals surface area contributed by atoms with E-state index in [1.54, 1.807) is 6.07 Å². The van der Waals surface area contributed by atoms with E-state index in [0.29, 0.717) is 74.7 Å². The largest absolute Gasteiger partial charge is 0.489 e. The number of aromatic nitrogens is 2. The fourth-order valence-corrected chi connectivity index (χ4v) is 6.29. The van der Waals surface area contributed by atoms with Crippen molar-refractivity contribution in [1.29, 1.82) is 0 Å². The van der Waals surface area contributed by atoms with Crippen molar-refractivity contribution in [3.8, 4) is 5.75 Å². The summed E-state index contributed by atoms with van der Waals surface area (Å²) in [6.07, 6.45) is 3.80. The van der Waals surface area contributed by atoms with Crippen molar-refractivity contribution in [2.45, 2.75) is 42.3 Å². The van der Waals surface area contributed by atoms with Crippen LogP contribution in [0, 0.1) is 0 Å². The van der Waals surface area contributed by atoms with Crippen LogP contribution in [-0.4, -0.2) is 61.7 Å². The molecule has 1 aromatic heterocycles. The van der Waals surface area contributed by atoms with Crippen LogP contribution < -0.4 is 10.1 Å². The highest BCUT2D eigenvalue weighted by Crippen LogP contribution is 2.51. The normalized spacial score (nSPS) is 20.9. The average molecular weight is 493 g/mol. The first-order valence-corrected chi connectivity index (χ1v) is 13.2. The summed E-state index contributed by atoms with van der Waals surface area (Å²) in [6, 6.07) is 4.39. The molecule has 182 valence electrons. The summed E-state index contributed by atoms with van der Waals surface area (Å²) in [5, 5.41) is 2.85. The number of nitrogens with one attached hydrogen (secondary N) is 1. The molecule has 11 heteroatoms. The lowest BCUT2D eigenvalue weighted by atomic mass is 9.73. The lowest BCUT2D eigenvalue weighted by Gasteiger charge is -2.38. The summed E-state index contributed by atoms with van der Waals surface area (Å²) in [5.74, 6) is 0.656. The van der Waals surface area contributed by atoms with Gasteiger partial charge in [0.15, 0.2) is 15.6 Å². The highest BCUT2D eigenvalue weighted by Gasteiger charge is 2.56. The smallest absolute Gasteiger partial charge is 0.263 e. The van der Waals surface area contributed by atoms with Crippen molar-refractivity contribution < 1.29 is 26.7 Å². The Kier molecular flexibility index (Phi) is 5.59. The van der Waals surface area contributed by atoms with E-state index < -0.39 is 26.4 Å². The van der Waals surface area contributed by atoms with Crippen LogP contribution >= 0.6 is 0 Å². The van der Waals surface area contributed by atoms with E-state index in [1.807, 2.05) is 0 Å². The number of rotatable bonds is 7. The number of piperidine rings is 1. The van der Waals surface area contributed by atoms with Crippen LogP contribution in [0.1, 0.15) is 49.1 Å². The zero-order chi connectivity index (χ0) is 24.1. The molecule has 3 aliphatic rings. The molecule has 0 atom stereocenters. The Morgan fingerprint density at radius 2 is 1.82 bits per heavy atom. The fraction of sp³-hybridized carbons (Fsp3) is 0.522. The molecule has 0 unspecified atom stereocenters. The summed E-state index contributed by atoms with van der Waals surface area (Å²) in [6.45, 7) is 2.28. The van der Waals surface area contributed by atoms with E-state index >= 15 is 0 Å². The standard InChI is InChI=1S/C23H26F2N4O4S/c1-34(31,32)23(4-5-23)20-26-13-16(14-27-20)33-11-10-29-8-6-22(7-9-29)17-12-15(19(24)25)2-3-18(17)28-21(22)30/h2-3,12-14,19H,4-11H2,1H3,(H,28,30). The number of halogens is 2. The molecule has 1 saturated heterocycles. The van der Waals surface area contributed by atoms with Crippen LogP contribution in [0.4, 0.5) is 14.5 Å². The van der Waals surface area contributed by atoms with Gasteiger partial charge in [-0.05, 0) is 56.5 Å². The average Bonchev–Trinajstić information content (AvgIpc) is 3.58. The van der Waals surface area contributed by atoms with Crippen molar-refractivity contribution in [2.24, 2.45) is 0 Å². The molecular formula is C23H26F2N4O4S. The summed E-state index contributed by atoms with van der Waals surface area (Å²) in [7, 11) is -3.27. The molecule has 1 amide bonds. The second-order valence-electron chi connectivity index (χ2n) is 9.34. The number of likely N-dealkylation sites (tertiary alicyclic amines) is 1. The quantitative estimate of drug-likeness (QED) is 0.634. The molecular weight excluding hydrogens is 466 g/mol. The van der Waals surface area contributed by atoms with Gasteiger partial charge in [0.2, 0.25) is 5.91 Å². The number of nitrogens with zero attached hydrogens (tertiary/aromatic N) is 3. The van der Waals surface area contributed by atoms with Gasteiger partial charge in [0.1, 0.15) is 17.2 Å². The van der Waals surface area contributed by atoms with Crippen molar-refractivity contribution in [3.63, 3.8) is 0 Å². The summed E-state index contributed by atoms with van der Waals surface area (Å²) < 4.78 is 55.2. The molecule has 1 saturated carbocycles. The molecule has 2 aliphatic heterocycles. The number of carbonyl (C=O) groups is 1. The second-order valence-corrected chi connectivity index (χ2v) is 11.7. The highest BCUT2D eigenvalue weighted by molar-refractivity contribution is 7.91.